The molecule has 10 heteroatoms. The first-order valence-corrected chi connectivity index (χ1v) is 14.0. The number of carbonyl (C=O) groups excluding carboxylic acids is 3. The first kappa shape index (κ1) is 27.1. The van der Waals surface area contributed by atoms with E-state index in [1.54, 1.807) is 30.3 Å². The van der Waals surface area contributed by atoms with Gasteiger partial charge in [-0.3, -0.25) is 14.4 Å². The van der Waals surface area contributed by atoms with Crippen LogP contribution in [0, 0.1) is 17.8 Å². The molecule has 3 N–H and O–H groups in total. The lowest BCUT2D eigenvalue weighted by molar-refractivity contribution is -0.139. The van der Waals surface area contributed by atoms with Crippen molar-refractivity contribution in [1.82, 2.24) is 9.88 Å². The van der Waals surface area contributed by atoms with Crippen LogP contribution in [0.15, 0.2) is 47.0 Å². The lowest BCUT2D eigenvalue weighted by atomic mass is 9.80. The number of benzene rings is 1. The highest BCUT2D eigenvalue weighted by Gasteiger charge is 2.34. The molecule has 1 saturated carbocycles. The van der Waals surface area contributed by atoms with Gasteiger partial charge in [-0.05, 0) is 75.1 Å². The Hall–Kier alpha value is -3.43. The van der Waals surface area contributed by atoms with Crippen molar-refractivity contribution in [2.24, 2.45) is 17.8 Å². The lowest BCUT2D eigenvalue weighted by Gasteiger charge is -2.36. The fourth-order valence-corrected chi connectivity index (χ4v) is 5.77. The highest BCUT2D eigenvalue weighted by atomic mass is 35.5. The maximum absolute atomic E-state index is 13.3. The number of rotatable bonds is 7. The van der Waals surface area contributed by atoms with Crippen LogP contribution in [0.25, 0.3) is 11.0 Å². The molecule has 0 bridgehead atoms. The Balaban J connectivity index is 1.22. The SMILES string of the molecule is O=C(Nc1ccc(Cl)cn1)c1oc2ccccc2c1NC(=O)C1CCC(C(=O)N2CCC(CCO)CC2)CC1. The van der Waals surface area contributed by atoms with Crippen molar-refractivity contribution in [2.75, 3.05) is 30.3 Å². The summed E-state index contributed by atoms with van der Waals surface area (Å²) in [5.41, 5.74) is 0.810. The zero-order chi connectivity index (χ0) is 27.4. The Bertz CT molecular complexity index is 1330. The van der Waals surface area contributed by atoms with Gasteiger partial charge < -0.3 is 25.1 Å². The minimum absolute atomic E-state index is 0.00485. The number of furan rings is 1. The van der Waals surface area contributed by atoms with E-state index in [-0.39, 0.29) is 36.0 Å². The second-order valence-electron chi connectivity index (χ2n) is 10.4. The molecular weight excluding hydrogens is 520 g/mol. The van der Waals surface area contributed by atoms with E-state index in [0.717, 1.165) is 32.4 Å². The number of pyridine rings is 1. The molecule has 3 heterocycles. The molecule has 0 spiro atoms. The van der Waals surface area contributed by atoms with Gasteiger partial charge in [0.05, 0.1) is 5.02 Å². The molecule has 2 aromatic heterocycles. The number of amides is 3. The number of carbonyl (C=O) groups is 3. The highest BCUT2D eigenvalue weighted by Crippen LogP contribution is 2.35. The molecule has 0 atom stereocenters. The van der Waals surface area contributed by atoms with Gasteiger partial charge in [-0.1, -0.05) is 23.7 Å². The number of fused-ring (bicyclic) bond motifs is 1. The van der Waals surface area contributed by atoms with Crippen LogP contribution >= 0.6 is 11.6 Å². The minimum Gasteiger partial charge on any atom is -0.449 e. The van der Waals surface area contributed by atoms with Gasteiger partial charge in [0.15, 0.2) is 0 Å². The zero-order valence-corrected chi connectivity index (χ0v) is 22.5. The fourth-order valence-electron chi connectivity index (χ4n) is 5.66. The third-order valence-corrected chi connectivity index (χ3v) is 8.15. The number of aliphatic hydroxyl groups excluding tert-OH is 1. The van der Waals surface area contributed by atoms with Crippen molar-refractivity contribution in [3.8, 4) is 0 Å². The summed E-state index contributed by atoms with van der Waals surface area (Å²) in [5, 5.41) is 15.9. The van der Waals surface area contributed by atoms with Gasteiger partial charge >= 0.3 is 0 Å². The summed E-state index contributed by atoms with van der Waals surface area (Å²) in [6, 6.07) is 10.4. The molecule has 2 fully saturated rings. The summed E-state index contributed by atoms with van der Waals surface area (Å²) >= 11 is 5.89. The maximum atomic E-state index is 13.3. The van der Waals surface area contributed by atoms with Crippen LogP contribution in [0.3, 0.4) is 0 Å². The lowest BCUT2D eigenvalue weighted by Crippen LogP contribution is -2.43. The molecule has 2 aliphatic rings. The van der Waals surface area contributed by atoms with Crippen LogP contribution in [0.4, 0.5) is 11.5 Å². The summed E-state index contributed by atoms with van der Waals surface area (Å²) in [6.07, 6.45) is 6.64. The summed E-state index contributed by atoms with van der Waals surface area (Å²) in [6.45, 7) is 1.69. The molecule has 5 rings (SSSR count). The number of anilines is 2. The molecule has 206 valence electrons. The Morgan fingerprint density at radius 3 is 2.38 bits per heavy atom. The van der Waals surface area contributed by atoms with Gasteiger partial charge in [-0.2, -0.15) is 0 Å². The average molecular weight is 553 g/mol. The van der Waals surface area contributed by atoms with Gasteiger partial charge in [0.2, 0.25) is 17.6 Å². The smallest absolute Gasteiger partial charge is 0.294 e. The van der Waals surface area contributed by atoms with Crippen molar-refractivity contribution < 1.29 is 23.9 Å². The topological polar surface area (TPSA) is 125 Å². The van der Waals surface area contributed by atoms with Crippen LogP contribution < -0.4 is 10.6 Å². The quantitative estimate of drug-likeness (QED) is 0.374. The number of nitrogens with one attached hydrogen (secondary N) is 2. The Labute approximate surface area is 231 Å². The fraction of sp³-hybridized carbons (Fsp3) is 0.448. The molecule has 39 heavy (non-hydrogen) atoms. The molecule has 3 amide bonds. The van der Waals surface area contributed by atoms with E-state index in [2.05, 4.69) is 15.6 Å². The van der Waals surface area contributed by atoms with Crippen molar-refractivity contribution in [3.63, 3.8) is 0 Å². The molecule has 1 saturated heterocycles. The monoisotopic (exact) mass is 552 g/mol. The van der Waals surface area contributed by atoms with Gasteiger partial charge in [0.1, 0.15) is 17.1 Å². The van der Waals surface area contributed by atoms with Crippen LogP contribution in [0.2, 0.25) is 5.02 Å². The van der Waals surface area contributed by atoms with Crippen LogP contribution in [-0.2, 0) is 9.59 Å². The van der Waals surface area contributed by atoms with E-state index in [9.17, 15) is 14.4 Å². The van der Waals surface area contributed by atoms with Crippen molar-refractivity contribution >= 4 is 51.8 Å². The molecule has 1 aliphatic heterocycles. The van der Waals surface area contributed by atoms with Crippen LogP contribution in [0.1, 0.15) is 55.5 Å². The predicted octanol–water partition coefficient (Wildman–Crippen LogP) is 5.10. The van der Waals surface area contributed by atoms with Crippen LogP contribution in [-0.4, -0.2) is 52.4 Å². The number of aliphatic hydroxyl groups is 1. The summed E-state index contributed by atoms with van der Waals surface area (Å²) in [7, 11) is 0. The summed E-state index contributed by atoms with van der Waals surface area (Å²) in [4.78, 5) is 45.6. The number of hydrogen-bond donors (Lipinski definition) is 3. The van der Waals surface area contributed by atoms with Crippen molar-refractivity contribution in [3.05, 3.63) is 53.4 Å². The second-order valence-corrected chi connectivity index (χ2v) is 10.9. The van der Waals surface area contributed by atoms with E-state index in [4.69, 9.17) is 21.1 Å². The Kier molecular flexibility index (Phi) is 8.47. The van der Waals surface area contributed by atoms with E-state index in [0.29, 0.717) is 59.1 Å². The molecule has 9 nitrogen and oxygen atoms in total. The Morgan fingerprint density at radius 2 is 1.69 bits per heavy atom. The van der Waals surface area contributed by atoms with Gasteiger partial charge in [-0.25, -0.2) is 4.98 Å². The normalized spacial score (nSPS) is 20.1. The van der Waals surface area contributed by atoms with Gasteiger partial charge in [0, 0.05) is 43.1 Å². The molecule has 0 unspecified atom stereocenters. The minimum atomic E-state index is -0.534. The zero-order valence-electron chi connectivity index (χ0n) is 21.7. The van der Waals surface area contributed by atoms with Gasteiger partial charge in [-0.15, -0.1) is 0 Å². The number of piperidine rings is 1. The summed E-state index contributed by atoms with van der Waals surface area (Å²) in [5.74, 6) is -0.0566. The molecular formula is C29H33ClN4O5. The number of halogens is 1. The van der Waals surface area contributed by atoms with E-state index in [1.165, 1.54) is 6.20 Å². The van der Waals surface area contributed by atoms with E-state index >= 15 is 0 Å². The Morgan fingerprint density at radius 1 is 0.974 bits per heavy atom. The van der Waals surface area contributed by atoms with Crippen molar-refractivity contribution in [2.45, 2.75) is 44.9 Å². The van der Waals surface area contributed by atoms with E-state index in [1.807, 2.05) is 11.0 Å². The number of nitrogens with zero attached hydrogens (tertiary/aromatic N) is 2. The highest BCUT2D eigenvalue weighted by molar-refractivity contribution is 6.30. The maximum Gasteiger partial charge on any atom is 0.294 e. The van der Waals surface area contributed by atoms with Crippen molar-refractivity contribution in [1.29, 1.82) is 0 Å². The molecule has 0 radical (unpaired) electrons. The third-order valence-electron chi connectivity index (χ3n) is 7.93. The van der Waals surface area contributed by atoms with E-state index < -0.39 is 5.91 Å². The largest absolute Gasteiger partial charge is 0.449 e. The summed E-state index contributed by atoms with van der Waals surface area (Å²) < 4.78 is 5.84. The first-order valence-electron chi connectivity index (χ1n) is 13.6. The average Bonchev–Trinajstić information content (AvgIpc) is 3.33. The molecule has 1 aliphatic carbocycles. The predicted molar refractivity (Wildman–Crippen MR) is 148 cm³/mol. The first-order chi connectivity index (χ1) is 18.9. The number of para-hydroxylation sites is 1. The standard InChI is InChI=1S/C29H33ClN4O5/c30-21-9-10-24(31-17-21)32-28(37)26-25(22-3-1-2-4-23(22)39-26)33-27(36)19-5-7-20(8-6-19)29(38)34-14-11-18(12-15-34)13-16-35/h1-4,9-10,17-20,35H,5-8,11-16H2,(H,33,36)(H,31,32,37). The number of likely N-dealkylation sites (tertiary alicyclic amines) is 1. The van der Waals surface area contributed by atoms with Crippen LogP contribution in [0.5, 0.6) is 0 Å². The number of hydrogen-bond acceptors (Lipinski definition) is 6. The number of aromatic nitrogens is 1. The van der Waals surface area contributed by atoms with Gasteiger partial charge in [0.25, 0.3) is 5.91 Å². The second kappa shape index (κ2) is 12.2. The molecule has 3 aromatic rings. The molecule has 1 aromatic carbocycles. The third kappa shape index (κ3) is 6.25.